The molecule has 0 saturated heterocycles. The Balaban J connectivity index is 2.96. The summed E-state index contributed by atoms with van der Waals surface area (Å²) < 4.78 is 0.856. The lowest BCUT2D eigenvalue weighted by atomic mass is 10.1. The third-order valence-electron chi connectivity index (χ3n) is 1.84. The normalized spacial score (nSPS) is 12.9. The van der Waals surface area contributed by atoms with Crippen LogP contribution >= 0.6 is 22.6 Å². The Morgan fingerprint density at radius 3 is 2.75 bits per heavy atom. The number of nitrogens with two attached hydrogens (primary N) is 1. The number of benzene rings is 1. The fourth-order valence-corrected chi connectivity index (χ4v) is 1.53. The minimum Gasteiger partial charge on any atom is -0.507 e. The highest BCUT2D eigenvalue weighted by atomic mass is 127. The quantitative estimate of drug-likeness (QED) is 0.815. The predicted molar refractivity (Wildman–Crippen MR) is 58.0 cm³/mol. The zero-order valence-electron chi connectivity index (χ0n) is 6.92. The summed E-state index contributed by atoms with van der Waals surface area (Å²) in [6.45, 7) is 2.05. The number of rotatable bonds is 2. The first-order chi connectivity index (χ1) is 5.65. The minimum absolute atomic E-state index is 0.0825. The first-order valence-corrected chi connectivity index (χ1v) is 4.97. The molecule has 0 aliphatic heterocycles. The highest BCUT2D eigenvalue weighted by Gasteiger charge is 2.05. The zero-order chi connectivity index (χ0) is 9.14. The molecule has 0 radical (unpaired) electrons. The van der Waals surface area contributed by atoms with Gasteiger partial charge in [-0.2, -0.15) is 0 Å². The van der Waals surface area contributed by atoms with Crippen molar-refractivity contribution in [3.8, 4) is 5.75 Å². The number of phenols is 1. The molecule has 1 aromatic carbocycles. The molecule has 0 heterocycles. The van der Waals surface area contributed by atoms with Crippen molar-refractivity contribution in [2.24, 2.45) is 5.73 Å². The summed E-state index contributed by atoms with van der Waals surface area (Å²) in [6.07, 6.45) is 0.918. The zero-order valence-corrected chi connectivity index (χ0v) is 9.08. The van der Waals surface area contributed by atoms with Gasteiger partial charge in [0.05, 0.1) is 3.57 Å². The third kappa shape index (κ3) is 2.10. The van der Waals surface area contributed by atoms with Crippen molar-refractivity contribution >= 4 is 22.6 Å². The molecule has 12 heavy (non-hydrogen) atoms. The summed E-state index contributed by atoms with van der Waals surface area (Å²) in [5.74, 6) is 0.322. The maximum atomic E-state index is 9.25. The Morgan fingerprint density at radius 2 is 2.25 bits per heavy atom. The fraction of sp³-hybridized carbons (Fsp3) is 0.333. The Kier molecular flexibility index (Phi) is 3.34. The van der Waals surface area contributed by atoms with Crippen molar-refractivity contribution in [1.29, 1.82) is 0 Å². The van der Waals surface area contributed by atoms with Crippen molar-refractivity contribution in [2.45, 2.75) is 19.4 Å². The van der Waals surface area contributed by atoms with E-state index >= 15 is 0 Å². The second-order valence-electron chi connectivity index (χ2n) is 2.73. The predicted octanol–water partition coefficient (Wildman–Crippen LogP) is 2.41. The number of hydrogen-bond acceptors (Lipinski definition) is 2. The van der Waals surface area contributed by atoms with E-state index in [4.69, 9.17) is 5.73 Å². The van der Waals surface area contributed by atoms with Crippen molar-refractivity contribution < 1.29 is 5.11 Å². The van der Waals surface area contributed by atoms with E-state index in [2.05, 4.69) is 22.6 Å². The molecule has 1 aromatic rings. The molecule has 3 heteroatoms. The second-order valence-corrected chi connectivity index (χ2v) is 3.89. The third-order valence-corrected chi connectivity index (χ3v) is 2.70. The van der Waals surface area contributed by atoms with Crippen LogP contribution in [0, 0.1) is 3.57 Å². The van der Waals surface area contributed by atoms with Crippen molar-refractivity contribution in [2.75, 3.05) is 0 Å². The van der Waals surface area contributed by atoms with Crippen LogP contribution in [0.4, 0.5) is 0 Å². The van der Waals surface area contributed by atoms with Gasteiger partial charge in [0.1, 0.15) is 5.75 Å². The molecule has 1 rings (SSSR count). The van der Waals surface area contributed by atoms with Crippen LogP contribution in [0.5, 0.6) is 5.75 Å². The van der Waals surface area contributed by atoms with Gasteiger partial charge in [0.2, 0.25) is 0 Å². The fourth-order valence-electron chi connectivity index (χ4n) is 0.989. The number of hydrogen-bond donors (Lipinski definition) is 2. The van der Waals surface area contributed by atoms with Crippen LogP contribution in [0.25, 0.3) is 0 Å². The molecule has 0 amide bonds. The van der Waals surface area contributed by atoms with Crippen LogP contribution in [-0.2, 0) is 0 Å². The van der Waals surface area contributed by atoms with Gasteiger partial charge in [-0.15, -0.1) is 0 Å². The summed E-state index contributed by atoms with van der Waals surface area (Å²) in [4.78, 5) is 0. The monoisotopic (exact) mass is 277 g/mol. The average Bonchev–Trinajstić information content (AvgIpc) is 2.08. The Hall–Kier alpha value is -0.290. The van der Waals surface area contributed by atoms with E-state index in [1.807, 2.05) is 19.1 Å². The molecule has 2 nitrogen and oxygen atoms in total. The van der Waals surface area contributed by atoms with E-state index < -0.39 is 0 Å². The van der Waals surface area contributed by atoms with Gasteiger partial charge in [-0.3, -0.25) is 0 Å². The smallest absolute Gasteiger partial charge is 0.128 e. The Bertz CT molecular complexity index is 275. The van der Waals surface area contributed by atoms with Gasteiger partial charge in [-0.1, -0.05) is 13.0 Å². The van der Waals surface area contributed by atoms with Crippen LogP contribution in [0.3, 0.4) is 0 Å². The molecule has 0 unspecified atom stereocenters. The summed E-state index contributed by atoms with van der Waals surface area (Å²) in [5.41, 5.74) is 6.91. The lowest BCUT2D eigenvalue weighted by Gasteiger charge is -2.09. The molecule has 0 saturated carbocycles. The first-order valence-electron chi connectivity index (χ1n) is 3.89. The van der Waals surface area contributed by atoms with Gasteiger partial charge in [0.15, 0.2) is 0 Å². The minimum atomic E-state index is 0.0825. The molecular weight excluding hydrogens is 265 g/mol. The highest BCUT2D eigenvalue weighted by Crippen LogP contribution is 2.23. The number of aromatic hydroxyl groups is 1. The topological polar surface area (TPSA) is 46.2 Å². The van der Waals surface area contributed by atoms with E-state index in [0.717, 1.165) is 15.6 Å². The molecule has 0 aliphatic rings. The number of phenolic OH excluding ortho intramolecular Hbond substituents is 1. The maximum Gasteiger partial charge on any atom is 0.128 e. The van der Waals surface area contributed by atoms with Crippen LogP contribution < -0.4 is 5.73 Å². The average molecular weight is 277 g/mol. The summed E-state index contributed by atoms with van der Waals surface area (Å²) in [5, 5.41) is 9.25. The standard InChI is InChI=1S/C9H12INO/c1-2-8(11)6-3-4-9(12)7(10)5-6/h3-5,8,12H,2,11H2,1H3/t8-/m1/s1. The van der Waals surface area contributed by atoms with Gasteiger partial charge < -0.3 is 10.8 Å². The van der Waals surface area contributed by atoms with E-state index in [1.54, 1.807) is 6.07 Å². The molecule has 66 valence electrons. The first kappa shape index (κ1) is 9.80. The summed E-state index contributed by atoms with van der Waals surface area (Å²) in [7, 11) is 0. The molecule has 3 N–H and O–H groups in total. The van der Waals surface area contributed by atoms with Gasteiger partial charge in [-0.05, 0) is 46.7 Å². The van der Waals surface area contributed by atoms with Crippen LogP contribution in [0.1, 0.15) is 24.9 Å². The van der Waals surface area contributed by atoms with Crippen molar-refractivity contribution in [1.82, 2.24) is 0 Å². The van der Waals surface area contributed by atoms with E-state index in [9.17, 15) is 5.11 Å². The highest BCUT2D eigenvalue weighted by molar-refractivity contribution is 14.1. The van der Waals surface area contributed by atoms with Crippen molar-refractivity contribution in [3.05, 3.63) is 27.3 Å². The molecule has 0 aliphatic carbocycles. The van der Waals surface area contributed by atoms with Gasteiger partial charge in [-0.25, -0.2) is 0 Å². The SMILES string of the molecule is CC[C@@H](N)c1ccc(O)c(I)c1. The van der Waals surface area contributed by atoms with Crippen molar-refractivity contribution in [3.63, 3.8) is 0 Å². The summed E-state index contributed by atoms with van der Waals surface area (Å²) >= 11 is 2.09. The van der Waals surface area contributed by atoms with E-state index in [-0.39, 0.29) is 6.04 Å². The van der Waals surface area contributed by atoms with Crippen LogP contribution in [0.2, 0.25) is 0 Å². The van der Waals surface area contributed by atoms with Gasteiger partial charge >= 0.3 is 0 Å². The number of halogens is 1. The Labute approximate surface area is 85.9 Å². The molecule has 0 spiro atoms. The van der Waals surface area contributed by atoms with Gasteiger partial charge in [0.25, 0.3) is 0 Å². The second kappa shape index (κ2) is 4.09. The van der Waals surface area contributed by atoms with Gasteiger partial charge in [0, 0.05) is 6.04 Å². The van der Waals surface area contributed by atoms with E-state index in [0.29, 0.717) is 5.75 Å². The molecular formula is C9H12INO. The molecule has 1 atom stereocenters. The largest absolute Gasteiger partial charge is 0.507 e. The lowest BCUT2D eigenvalue weighted by Crippen LogP contribution is -2.08. The van der Waals surface area contributed by atoms with Crippen LogP contribution in [0.15, 0.2) is 18.2 Å². The summed E-state index contributed by atoms with van der Waals surface area (Å²) in [6, 6.07) is 5.56. The van der Waals surface area contributed by atoms with E-state index in [1.165, 1.54) is 0 Å². The van der Waals surface area contributed by atoms with Crippen LogP contribution in [-0.4, -0.2) is 5.11 Å². The molecule has 0 fully saturated rings. The lowest BCUT2D eigenvalue weighted by molar-refractivity contribution is 0.471. The Morgan fingerprint density at radius 1 is 1.58 bits per heavy atom. The molecule has 0 aromatic heterocycles. The maximum absolute atomic E-state index is 9.25. The molecule has 0 bridgehead atoms.